The van der Waals surface area contributed by atoms with Crippen LogP contribution in [-0.4, -0.2) is 24.5 Å². The van der Waals surface area contributed by atoms with Crippen molar-refractivity contribution < 1.29 is 4.74 Å². The molecule has 1 aromatic carbocycles. The van der Waals surface area contributed by atoms with Gasteiger partial charge in [0.15, 0.2) is 0 Å². The number of nitrogens with one attached hydrogen (secondary N) is 1. The van der Waals surface area contributed by atoms with E-state index in [4.69, 9.17) is 4.74 Å². The molecule has 4 heteroatoms. The molecular formula is C15H21N2OS+. The summed E-state index contributed by atoms with van der Waals surface area (Å²) in [7, 11) is 1.71. The molecule has 0 amide bonds. The number of ether oxygens (including phenoxy) is 1. The van der Waals surface area contributed by atoms with Gasteiger partial charge in [-0.3, -0.25) is 5.32 Å². The van der Waals surface area contributed by atoms with Gasteiger partial charge in [0.2, 0.25) is 5.71 Å². The Balaban J connectivity index is 2.53. The molecule has 1 aliphatic carbocycles. The number of benzene rings is 1. The number of amidine groups is 1. The quantitative estimate of drug-likeness (QED) is 0.376. The first-order chi connectivity index (χ1) is 9.15. The van der Waals surface area contributed by atoms with Gasteiger partial charge in [-0.05, 0) is 62.6 Å². The van der Waals surface area contributed by atoms with E-state index in [0.717, 1.165) is 37.3 Å². The van der Waals surface area contributed by atoms with Crippen LogP contribution in [0.3, 0.4) is 0 Å². The Morgan fingerprint density at radius 2 is 2.21 bits per heavy atom. The number of thiol groups is 1. The van der Waals surface area contributed by atoms with Gasteiger partial charge in [0, 0.05) is 12.0 Å². The first-order valence-electron chi connectivity index (χ1n) is 6.71. The fourth-order valence-electron chi connectivity index (χ4n) is 2.56. The highest BCUT2D eigenvalue weighted by molar-refractivity contribution is 7.96. The molecule has 2 rings (SSSR count). The predicted molar refractivity (Wildman–Crippen MR) is 84.6 cm³/mol. The number of hydrogen-bond donors (Lipinski definition) is 2. The molecule has 0 spiro atoms. The van der Waals surface area contributed by atoms with Gasteiger partial charge < -0.3 is 4.74 Å². The van der Waals surface area contributed by atoms with Gasteiger partial charge >= 0.3 is 5.17 Å². The van der Waals surface area contributed by atoms with Crippen LogP contribution in [0.2, 0.25) is 0 Å². The van der Waals surface area contributed by atoms with Gasteiger partial charge in [-0.2, -0.15) is 0 Å². The summed E-state index contributed by atoms with van der Waals surface area (Å²) in [5.41, 5.74) is 4.97. The van der Waals surface area contributed by atoms with Crippen molar-refractivity contribution in [3.05, 3.63) is 28.8 Å². The van der Waals surface area contributed by atoms with Gasteiger partial charge in [-0.15, -0.1) is 0 Å². The lowest BCUT2D eigenvalue weighted by Gasteiger charge is -2.17. The van der Waals surface area contributed by atoms with Crippen LogP contribution in [-0.2, 0) is 6.42 Å². The van der Waals surface area contributed by atoms with E-state index in [0.29, 0.717) is 5.17 Å². The summed E-state index contributed by atoms with van der Waals surface area (Å²) in [5.74, 6) is 0.930. The van der Waals surface area contributed by atoms with Crippen molar-refractivity contribution in [3.63, 3.8) is 0 Å². The highest BCUT2D eigenvalue weighted by atomic mass is 32.1. The molecule has 19 heavy (non-hydrogen) atoms. The molecular weight excluding hydrogens is 256 g/mol. The molecule has 0 aliphatic heterocycles. The zero-order chi connectivity index (χ0) is 13.8. The second-order valence-corrected chi connectivity index (χ2v) is 5.17. The van der Waals surface area contributed by atoms with Crippen LogP contribution in [0.25, 0.3) is 0 Å². The molecule has 0 saturated heterocycles. The second kappa shape index (κ2) is 6.18. The first-order valence-corrected chi connectivity index (χ1v) is 7.15. The highest BCUT2D eigenvalue weighted by Gasteiger charge is 2.22. The maximum atomic E-state index is 5.34. The minimum Gasteiger partial charge on any atom is -0.497 e. The average Bonchev–Trinajstić information content (AvgIpc) is 2.38. The monoisotopic (exact) mass is 277 g/mol. The fourth-order valence-corrected chi connectivity index (χ4v) is 2.84. The molecule has 0 aromatic heterocycles. The van der Waals surface area contributed by atoms with E-state index in [2.05, 4.69) is 41.7 Å². The topological polar surface area (TPSA) is 35.4 Å². The van der Waals surface area contributed by atoms with Crippen LogP contribution >= 0.6 is 12.6 Å². The molecule has 1 aliphatic rings. The van der Waals surface area contributed by atoms with Crippen LogP contribution in [0.4, 0.5) is 0 Å². The molecule has 0 unspecified atom stereocenters. The summed E-state index contributed by atoms with van der Waals surface area (Å²) in [4.78, 5) is 0. The third-order valence-electron chi connectivity index (χ3n) is 3.35. The number of nitrogens with zero attached hydrogens (tertiary/aromatic N) is 1. The van der Waals surface area contributed by atoms with Crippen molar-refractivity contribution >= 4 is 23.5 Å². The summed E-state index contributed by atoms with van der Waals surface area (Å²) < 4.78 is 9.97. The molecule has 1 N–H and O–H groups in total. The third-order valence-corrected chi connectivity index (χ3v) is 3.61. The molecule has 0 saturated carbocycles. The zero-order valence-corrected chi connectivity index (χ0v) is 12.7. The molecule has 1 aromatic rings. The Morgan fingerprint density at radius 1 is 1.42 bits per heavy atom. The summed E-state index contributed by atoms with van der Waals surface area (Å²) in [6, 6.07) is 4.20. The van der Waals surface area contributed by atoms with Crippen LogP contribution < -0.4 is 14.7 Å². The first kappa shape index (κ1) is 14.0. The lowest BCUT2D eigenvalue weighted by molar-refractivity contribution is 0.413. The Hall–Kier alpha value is -1.38. The SMILES string of the molecule is CCNC(S)=[N+]=C1CCCc2cc(OC)cc(C)c21. The summed E-state index contributed by atoms with van der Waals surface area (Å²) in [6.45, 7) is 5.00. The van der Waals surface area contributed by atoms with Gasteiger partial charge in [-0.25, -0.2) is 4.67 Å². The third kappa shape index (κ3) is 3.14. The van der Waals surface area contributed by atoms with Gasteiger partial charge in [0.1, 0.15) is 5.75 Å². The molecule has 0 radical (unpaired) electrons. The van der Waals surface area contributed by atoms with Crippen LogP contribution in [0.5, 0.6) is 5.75 Å². The summed E-state index contributed by atoms with van der Waals surface area (Å²) in [6.07, 6.45) is 3.23. The standard InChI is InChI=1S/C15H20N2OS/c1-4-16-15(19)17-13-7-5-6-11-9-12(18-3)8-10(2)14(11)13/h8-9H,4-7H2,1-3H3,(H,16,19)/p+1. The van der Waals surface area contributed by atoms with Crippen LogP contribution in [0.1, 0.15) is 36.5 Å². The predicted octanol–water partition coefficient (Wildman–Crippen LogP) is 2.09. The lowest BCUT2D eigenvalue weighted by atomic mass is 9.87. The molecule has 0 heterocycles. The largest absolute Gasteiger partial charge is 0.497 e. The van der Waals surface area contributed by atoms with E-state index in [1.54, 1.807) is 7.11 Å². The van der Waals surface area contributed by atoms with Gasteiger partial charge in [-0.1, -0.05) is 0 Å². The van der Waals surface area contributed by atoms with Crippen molar-refractivity contribution in [2.24, 2.45) is 0 Å². The Morgan fingerprint density at radius 3 is 2.89 bits per heavy atom. The molecule has 102 valence electrons. The summed E-state index contributed by atoms with van der Waals surface area (Å²) in [5, 5.41) is 3.83. The Kier molecular flexibility index (Phi) is 4.56. The number of rotatable bonds is 2. The maximum Gasteiger partial charge on any atom is 0.401 e. The average molecular weight is 277 g/mol. The van der Waals surface area contributed by atoms with Crippen LogP contribution in [0.15, 0.2) is 12.1 Å². The fraction of sp³-hybridized carbons (Fsp3) is 0.467. The zero-order valence-electron chi connectivity index (χ0n) is 11.8. The number of fused-ring (bicyclic) bond motifs is 1. The Bertz CT molecular complexity index is 545. The van der Waals surface area contributed by atoms with Gasteiger partial charge in [0.25, 0.3) is 0 Å². The minimum atomic E-state index is 0.695. The molecule has 3 nitrogen and oxygen atoms in total. The van der Waals surface area contributed by atoms with Crippen molar-refractivity contribution in [2.45, 2.75) is 33.1 Å². The van der Waals surface area contributed by atoms with Crippen LogP contribution in [0, 0.1) is 6.92 Å². The number of hydrogen-bond acceptors (Lipinski definition) is 1. The number of aryl methyl sites for hydroxylation is 2. The normalized spacial score (nSPS) is 13.6. The van der Waals surface area contributed by atoms with Gasteiger partial charge in [0.05, 0.1) is 13.7 Å². The maximum absolute atomic E-state index is 5.34. The highest BCUT2D eigenvalue weighted by Crippen LogP contribution is 2.28. The van der Waals surface area contributed by atoms with E-state index >= 15 is 0 Å². The summed E-state index contributed by atoms with van der Waals surface area (Å²) >= 11 is 4.38. The smallest absolute Gasteiger partial charge is 0.401 e. The minimum absolute atomic E-state index is 0.695. The molecule has 0 bridgehead atoms. The lowest BCUT2D eigenvalue weighted by Crippen LogP contribution is -2.24. The molecule has 0 fully saturated rings. The number of methoxy groups -OCH3 is 1. The van der Waals surface area contributed by atoms with E-state index < -0.39 is 0 Å². The Labute approximate surface area is 120 Å². The van der Waals surface area contributed by atoms with Crippen molar-refractivity contribution in [3.8, 4) is 5.75 Å². The van der Waals surface area contributed by atoms with E-state index in [1.807, 2.05) is 6.92 Å². The van der Waals surface area contributed by atoms with E-state index in [-0.39, 0.29) is 0 Å². The van der Waals surface area contributed by atoms with Crippen molar-refractivity contribution in [2.75, 3.05) is 13.7 Å². The van der Waals surface area contributed by atoms with E-state index in [9.17, 15) is 0 Å². The second-order valence-electron chi connectivity index (χ2n) is 4.74. The molecule has 0 atom stereocenters. The van der Waals surface area contributed by atoms with Crippen molar-refractivity contribution in [1.29, 1.82) is 0 Å². The van der Waals surface area contributed by atoms with Crippen molar-refractivity contribution in [1.82, 2.24) is 9.98 Å². The van der Waals surface area contributed by atoms with E-state index in [1.165, 1.54) is 16.7 Å².